The Morgan fingerprint density at radius 3 is 2.60 bits per heavy atom. The summed E-state index contributed by atoms with van der Waals surface area (Å²) in [5.74, 6) is 2.57. The van der Waals surface area contributed by atoms with Crippen LogP contribution in [-0.2, 0) is 0 Å². The first-order valence-corrected chi connectivity index (χ1v) is 3.50. The lowest BCUT2D eigenvalue weighted by Gasteiger charge is -2.15. The van der Waals surface area contributed by atoms with Crippen molar-refractivity contribution in [3.63, 3.8) is 0 Å². The molecule has 0 rings (SSSR count). The average Bonchev–Trinajstić information content (AvgIpc) is 1.82. The van der Waals surface area contributed by atoms with Crippen molar-refractivity contribution in [1.82, 2.24) is 4.90 Å². The Morgan fingerprint density at radius 2 is 2.20 bits per heavy atom. The fourth-order valence-corrected chi connectivity index (χ4v) is 0.829. The molecule has 0 aromatic heterocycles. The smallest absolute Gasteiger partial charge is 0.0176 e. The van der Waals surface area contributed by atoms with Gasteiger partial charge in [-0.3, -0.25) is 0 Å². The first-order valence-electron chi connectivity index (χ1n) is 3.50. The minimum atomic E-state index is 0.228. The van der Waals surface area contributed by atoms with E-state index in [4.69, 9.17) is 12.2 Å². The molecular weight excluding hydrogens is 124 g/mol. The summed E-state index contributed by atoms with van der Waals surface area (Å²) in [4.78, 5) is 2.07. The molecule has 0 heterocycles. The SMILES string of the molecule is C#CCCC(N)CN(C)C. The van der Waals surface area contributed by atoms with Crippen LogP contribution in [-0.4, -0.2) is 31.6 Å². The van der Waals surface area contributed by atoms with Crippen molar-refractivity contribution in [2.24, 2.45) is 5.73 Å². The fraction of sp³-hybridized carbons (Fsp3) is 0.750. The van der Waals surface area contributed by atoms with Crippen molar-refractivity contribution in [2.75, 3.05) is 20.6 Å². The lowest BCUT2D eigenvalue weighted by atomic mass is 10.2. The maximum Gasteiger partial charge on any atom is 0.0176 e. The van der Waals surface area contributed by atoms with E-state index in [0.29, 0.717) is 0 Å². The third-order valence-electron chi connectivity index (χ3n) is 1.26. The summed E-state index contributed by atoms with van der Waals surface area (Å²) in [5.41, 5.74) is 5.72. The normalized spacial score (nSPS) is 13.1. The fourth-order valence-electron chi connectivity index (χ4n) is 0.829. The highest BCUT2D eigenvalue weighted by Crippen LogP contribution is 1.93. The highest BCUT2D eigenvalue weighted by atomic mass is 15.1. The third-order valence-corrected chi connectivity index (χ3v) is 1.26. The predicted molar refractivity (Wildman–Crippen MR) is 44.6 cm³/mol. The molecule has 0 aliphatic rings. The molecule has 0 bridgehead atoms. The van der Waals surface area contributed by atoms with Crippen LogP contribution in [0.1, 0.15) is 12.8 Å². The van der Waals surface area contributed by atoms with Gasteiger partial charge in [0.1, 0.15) is 0 Å². The number of nitrogens with two attached hydrogens (primary N) is 1. The summed E-state index contributed by atoms with van der Waals surface area (Å²) in [6.07, 6.45) is 6.80. The minimum absolute atomic E-state index is 0.228. The van der Waals surface area contributed by atoms with Crippen molar-refractivity contribution in [1.29, 1.82) is 0 Å². The average molecular weight is 140 g/mol. The molecule has 58 valence electrons. The highest BCUT2D eigenvalue weighted by Gasteiger charge is 2.01. The lowest BCUT2D eigenvalue weighted by Crippen LogP contribution is -2.32. The molecule has 0 radical (unpaired) electrons. The van der Waals surface area contributed by atoms with Crippen LogP contribution in [0, 0.1) is 12.3 Å². The van der Waals surface area contributed by atoms with Gasteiger partial charge in [-0.2, -0.15) is 0 Å². The Morgan fingerprint density at radius 1 is 1.60 bits per heavy atom. The van der Waals surface area contributed by atoms with Crippen molar-refractivity contribution < 1.29 is 0 Å². The van der Waals surface area contributed by atoms with Crippen molar-refractivity contribution in [2.45, 2.75) is 18.9 Å². The van der Waals surface area contributed by atoms with Gasteiger partial charge in [0.15, 0.2) is 0 Å². The minimum Gasteiger partial charge on any atom is -0.327 e. The van der Waals surface area contributed by atoms with E-state index >= 15 is 0 Å². The number of hydrogen-bond acceptors (Lipinski definition) is 2. The number of nitrogens with zero attached hydrogens (tertiary/aromatic N) is 1. The van der Waals surface area contributed by atoms with Crippen LogP contribution in [0.3, 0.4) is 0 Å². The quantitative estimate of drug-likeness (QED) is 0.569. The molecule has 0 aliphatic heterocycles. The molecule has 2 nitrogen and oxygen atoms in total. The molecule has 0 saturated carbocycles. The molecule has 2 N–H and O–H groups in total. The van der Waals surface area contributed by atoms with Gasteiger partial charge in [-0.05, 0) is 20.5 Å². The Kier molecular flexibility index (Phi) is 5.00. The summed E-state index contributed by atoms with van der Waals surface area (Å²) >= 11 is 0. The largest absolute Gasteiger partial charge is 0.327 e. The maximum atomic E-state index is 5.72. The van der Waals surface area contributed by atoms with E-state index in [1.54, 1.807) is 0 Å². The second-order valence-corrected chi connectivity index (χ2v) is 2.77. The summed E-state index contributed by atoms with van der Waals surface area (Å²) in [6.45, 7) is 0.918. The predicted octanol–water partition coefficient (Wildman–Crippen LogP) is 0.289. The monoisotopic (exact) mass is 140 g/mol. The van der Waals surface area contributed by atoms with E-state index in [0.717, 1.165) is 19.4 Å². The van der Waals surface area contributed by atoms with Gasteiger partial charge in [0, 0.05) is 19.0 Å². The van der Waals surface area contributed by atoms with Gasteiger partial charge in [0.25, 0.3) is 0 Å². The molecule has 1 unspecified atom stereocenters. The maximum absolute atomic E-state index is 5.72. The van der Waals surface area contributed by atoms with Crippen LogP contribution in [0.15, 0.2) is 0 Å². The Bertz CT molecular complexity index is 113. The first kappa shape index (κ1) is 9.48. The van der Waals surface area contributed by atoms with Crippen LogP contribution in [0.5, 0.6) is 0 Å². The summed E-state index contributed by atoms with van der Waals surface area (Å²) in [7, 11) is 4.02. The molecule has 0 aromatic rings. The molecular formula is C8H16N2. The molecule has 2 heteroatoms. The van der Waals surface area contributed by atoms with Crippen LogP contribution in [0.25, 0.3) is 0 Å². The molecule has 10 heavy (non-hydrogen) atoms. The molecule has 0 spiro atoms. The van der Waals surface area contributed by atoms with Gasteiger partial charge in [0.05, 0.1) is 0 Å². The van der Waals surface area contributed by atoms with Crippen molar-refractivity contribution in [3.8, 4) is 12.3 Å². The number of rotatable bonds is 4. The topological polar surface area (TPSA) is 29.3 Å². The van der Waals surface area contributed by atoms with Crippen molar-refractivity contribution >= 4 is 0 Å². The van der Waals surface area contributed by atoms with E-state index in [1.807, 2.05) is 14.1 Å². The van der Waals surface area contributed by atoms with Gasteiger partial charge in [-0.1, -0.05) is 0 Å². The Balaban J connectivity index is 3.27. The molecule has 0 fully saturated rings. The van der Waals surface area contributed by atoms with Gasteiger partial charge in [-0.25, -0.2) is 0 Å². The standard InChI is InChI=1S/C8H16N2/c1-4-5-6-8(9)7-10(2)3/h1,8H,5-7,9H2,2-3H3. The number of terminal acetylenes is 1. The van der Waals surface area contributed by atoms with Crippen LogP contribution >= 0.6 is 0 Å². The second kappa shape index (κ2) is 5.28. The zero-order valence-electron chi connectivity index (χ0n) is 6.80. The van der Waals surface area contributed by atoms with E-state index in [-0.39, 0.29) is 6.04 Å². The zero-order valence-corrected chi connectivity index (χ0v) is 6.80. The summed E-state index contributed by atoms with van der Waals surface area (Å²) < 4.78 is 0. The molecule has 1 atom stereocenters. The van der Waals surface area contributed by atoms with E-state index in [2.05, 4.69) is 10.8 Å². The summed E-state index contributed by atoms with van der Waals surface area (Å²) in [6, 6.07) is 0.228. The second-order valence-electron chi connectivity index (χ2n) is 2.77. The van der Waals surface area contributed by atoms with Gasteiger partial charge in [0.2, 0.25) is 0 Å². The van der Waals surface area contributed by atoms with Gasteiger partial charge in [-0.15, -0.1) is 12.3 Å². The van der Waals surface area contributed by atoms with E-state index < -0.39 is 0 Å². The number of likely N-dealkylation sites (N-methyl/N-ethyl adjacent to an activating group) is 1. The molecule has 0 amide bonds. The summed E-state index contributed by atoms with van der Waals surface area (Å²) in [5, 5.41) is 0. The molecule has 0 saturated heterocycles. The lowest BCUT2D eigenvalue weighted by molar-refractivity contribution is 0.365. The van der Waals surface area contributed by atoms with E-state index in [1.165, 1.54) is 0 Å². The molecule has 0 aliphatic carbocycles. The van der Waals surface area contributed by atoms with Crippen LogP contribution in [0.4, 0.5) is 0 Å². The Hall–Kier alpha value is -0.520. The first-order chi connectivity index (χ1) is 4.66. The van der Waals surface area contributed by atoms with E-state index in [9.17, 15) is 0 Å². The van der Waals surface area contributed by atoms with Crippen LogP contribution < -0.4 is 5.73 Å². The zero-order chi connectivity index (χ0) is 7.98. The van der Waals surface area contributed by atoms with Gasteiger partial charge >= 0.3 is 0 Å². The molecule has 0 aromatic carbocycles. The number of hydrogen-bond donors (Lipinski definition) is 1. The third kappa shape index (κ3) is 5.61. The van der Waals surface area contributed by atoms with Crippen LogP contribution in [0.2, 0.25) is 0 Å². The van der Waals surface area contributed by atoms with Crippen molar-refractivity contribution in [3.05, 3.63) is 0 Å². The highest BCUT2D eigenvalue weighted by molar-refractivity contribution is 4.85. The van der Waals surface area contributed by atoms with Gasteiger partial charge < -0.3 is 10.6 Å². The Labute approximate surface area is 63.4 Å².